The molecule has 3 heterocycles. The first kappa shape index (κ1) is 78.0. The van der Waals surface area contributed by atoms with Crippen LogP contribution < -0.4 is 5.32 Å². The molecule has 3 saturated heterocycles. The van der Waals surface area contributed by atoms with Crippen molar-refractivity contribution in [2.24, 2.45) is 0 Å². The molecule has 86 heavy (non-hydrogen) atoms. The van der Waals surface area contributed by atoms with Crippen molar-refractivity contribution in [3.8, 4) is 0 Å². The van der Waals surface area contributed by atoms with Crippen molar-refractivity contribution in [1.29, 1.82) is 0 Å². The molecule has 3 aliphatic rings. The lowest BCUT2D eigenvalue weighted by Crippen LogP contribution is -2.66. The summed E-state index contributed by atoms with van der Waals surface area (Å²) in [4.78, 5) is 13.4. The monoisotopic (exact) mass is 1230 g/mol. The molecule has 0 saturated carbocycles. The summed E-state index contributed by atoms with van der Waals surface area (Å²) in [6.45, 7) is 1.69. The molecule has 0 aromatic rings. The Hall–Kier alpha value is -2.25. The molecule has 502 valence electrons. The van der Waals surface area contributed by atoms with Gasteiger partial charge in [-0.2, -0.15) is 0 Å². The third-order valence-electron chi connectivity index (χ3n) is 16.9. The standard InChI is InChI=1S/C67H121NO18/c1-3-5-7-9-11-13-15-17-19-21-23-24-25-27-28-30-32-34-36-38-40-42-44-51(72)50(68-55(73)45-43-41-39-37-35-33-31-29-26-22-20-18-16-14-12-10-8-6-4-2)49-81-65-61(79)58(76)63(53(47-70)83-65)86-67-62(80)59(77)64(54(48-71)84-67)85-66-60(78)57(75)56(74)52(46-69)82-66/h6,8,12,14,18,20,26,29,50-54,56-67,69-72,74-80H,3-5,7,9-11,13,15-17,19,21-25,27-28,30-49H2,1-2H3,(H,68,73)/b8-6-,14-12-,20-18-,29-26-. The van der Waals surface area contributed by atoms with E-state index in [1.54, 1.807) is 0 Å². The number of aliphatic hydroxyl groups is 11. The first-order valence-corrected chi connectivity index (χ1v) is 33.9. The van der Waals surface area contributed by atoms with Crippen molar-refractivity contribution in [1.82, 2.24) is 5.32 Å². The van der Waals surface area contributed by atoms with Gasteiger partial charge in [0.25, 0.3) is 0 Å². The zero-order chi connectivity index (χ0) is 62.6. The molecule has 0 bridgehead atoms. The maximum Gasteiger partial charge on any atom is 0.220 e. The quantitative estimate of drug-likeness (QED) is 0.0202. The summed E-state index contributed by atoms with van der Waals surface area (Å²) in [5.74, 6) is -0.256. The van der Waals surface area contributed by atoms with Crippen molar-refractivity contribution in [3.05, 3.63) is 48.6 Å². The van der Waals surface area contributed by atoms with Gasteiger partial charge in [0.1, 0.15) is 73.2 Å². The number of allylic oxidation sites excluding steroid dienone is 8. The van der Waals surface area contributed by atoms with Crippen LogP contribution in [0.25, 0.3) is 0 Å². The number of nitrogens with one attached hydrogen (secondary N) is 1. The molecule has 0 aromatic heterocycles. The normalized spacial score (nSPS) is 29.1. The van der Waals surface area contributed by atoms with E-state index >= 15 is 0 Å². The van der Waals surface area contributed by atoms with E-state index in [1.807, 2.05) is 0 Å². The molecule has 1 amide bonds. The van der Waals surface area contributed by atoms with E-state index < -0.39 is 124 Å². The maximum absolute atomic E-state index is 13.4. The SMILES string of the molecule is CC/C=C\C/C=C\C/C=C\C/C=C\CCCCCCCCC(=O)NC(COC1OC(CO)C(OC2OC(CO)C(OC3OC(CO)C(O)C(O)C3O)C(O)C2O)C(O)C1O)C(O)CCCCCCCCCCCCCCCCCCCCCCCC. The lowest BCUT2D eigenvalue weighted by Gasteiger charge is -2.48. The Kier molecular flexibility index (Phi) is 44.8. The summed E-state index contributed by atoms with van der Waals surface area (Å²) >= 11 is 0. The van der Waals surface area contributed by atoms with Crippen molar-refractivity contribution in [2.45, 2.75) is 343 Å². The fourth-order valence-corrected chi connectivity index (χ4v) is 11.4. The van der Waals surface area contributed by atoms with Gasteiger partial charge in [-0.05, 0) is 51.4 Å². The average molecular weight is 1230 g/mol. The lowest BCUT2D eigenvalue weighted by atomic mass is 9.96. The van der Waals surface area contributed by atoms with E-state index in [1.165, 1.54) is 116 Å². The second-order valence-electron chi connectivity index (χ2n) is 24.3. The van der Waals surface area contributed by atoms with Crippen LogP contribution in [0.2, 0.25) is 0 Å². The zero-order valence-electron chi connectivity index (χ0n) is 52.8. The van der Waals surface area contributed by atoms with Gasteiger partial charge in [-0.15, -0.1) is 0 Å². The second kappa shape index (κ2) is 49.5. The van der Waals surface area contributed by atoms with Crippen LogP contribution in [0.1, 0.15) is 239 Å². The first-order chi connectivity index (χ1) is 41.8. The Balaban J connectivity index is 1.45. The van der Waals surface area contributed by atoms with Crippen LogP contribution in [0.15, 0.2) is 48.6 Å². The van der Waals surface area contributed by atoms with Crippen molar-refractivity contribution >= 4 is 5.91 Å². The van der Waals surface area contributed by atoms with E-state index in [-0.39, 0.29) is 18.9 Å². The fraction of sp³-hybridized carbons (Fsp3) is 0.866. The highest BCUT2D eigenvalue weighted by Gasteiger charge is 2.53. The van der Waals surface area contributed by atoms with E-state index in [9.17, 15) is 61.0 Å². The van der Waals surface area contributed by atoms with Crippen molar-refractivity contribution in [2.75, 3.05) is 26.4 Å². The lowest BCUT2D eigenvalue weighted by molar-refractivity contribution is -0.379. The smallest absolute Gasteiger partial charge is 0.220 e. The molecular weight excluding hydrogens is 1110 g/mol. The van der Waals surface area contributed by atoms with Gasteiger partial charge in [-0.25, -0.2) is 0 Å². The fourth-order valence-electron chi connectivity index (χ4n) is 11.4. The van der Waals surface area contributed by atoms with Gasteiger partial charge in [0.15, 0.2) is 18.9 Å². The summed E-state index contributed by atoms with van der Waals surface area (Å²) in [5.41, 5.74) is 0. The summed E-state index contributed by atoms with van der Waals surface area (Å²) in [6, 6.07) is -0.897. The van der Waals surface area contributed by atoms with Crippen LogP contribution in [0.5, 0.6) is 0 Å². The molecule has 19 nitrogen and oxygen atoms in total. The predicted octanol–water partition coefficient (Wildman–Crippen LogP) is 8.22. The van der Waals surface area contributed by atoms with Crippen LogP contribution in [-0.4, -0.2) is 193 Å². The van der Waals surface area contributed by atoms with Crippen LogP contribution in [0.4, 0.5) is 0 Å². The Morgan fingerprint density at radius 3 is 1.26 bits per heavy atom. The van der Waals surface area contributed by atoms with Crippen molar-refractivity contribution in [3.63, 3.8) is 0 Å². The number of hydrogen-bond donors (Lipinski definition) is 12. The zero-order valence-corrected chi connectivity index (χ0v) is 52.8. The minimum Gasteiger partial charge on any atom is -0.394 e. The molecule has 0 spiro atoms. The van der Waals surface area contributed by atoms with Gasteiger partial charge in [-0.1, -0.05) is 229 Å². The molecule has 3 aliphatic heterocycles. The summed E-state index contributed by atoms with van der Waals surface area (Å²) in [7, 11) is 0. The highest BCUT2D eigenvalue weighted by Crippen LogP contribution is 2.33. The number of ether oxygens (including phenoxy) is 6. The van der Waals surface area contributed by atoms with Gasteiger partial charge >= 0.3 is 0 Å². The van der Waals surface area contributed by atoms with Gasteiger partial charge in [-0.3, -0.25) is 4.79 Å². The van der Waals surface area contributed by atoms with Crippen LogP contribution in [-0.2, 0) is 33.2 Å². The molecule has 17 unspecified atom stereocenters. The third kappa shape index (κ3) is 31.7. The molecular formula is C67H121NO18. The molecule has 3 rings (SSSR count). The first-order valence-electron chi connectivity index (χ1n) is 33.9. The minimum atomic E-state index is -1.98. The second-order valence-corrected chi connectivity index (χ2v) is 24.3. The van der Waals surface area contributed by atoms with E-state index in [0.717, 1.165) is 89.9 Å². The van der Waals surface area contributed by atoms with Gasteiger partial charge in [0.2, 0.25) is 5.91 Å². The maximum atomic E-state index is 13.4. The molecule has 0 radical (unpaired) electrons. The Morgan fingerprint density at radius 1 is 0.430 bits per heavy atom. The van der Waals surface area contributed by atoms with Crippen molar-refractivity contribution < 1.29 is 89.4 Å². The van der Waals surface area contributed by atoms with Crippen LogP contribution in [0, 0.1) is 0 Å². The Bertz CT molecular complexity index is 1750. The van der Waals surface area contributed by atoms with Crippen LogP contribution >= 0.6 is 0 Å². The largest absolute Gasteiger partial charge is 0.394 e. The van der Waals surface area contributed by atoms with Gasteiger partial charge < -0.3 is 89.9 Å². The number of aliphatic hydroxyl groups excluding tert-OH is 11. The highest BCUT2D eigenvalue weighted by atomic mass is 16.8. The molecule has 3 fully saturated rings. The Morgan fingerprint density at radius 2 is 0.802 bits per heavy atom. The summed E-state index contributed by atoms with van der Waals surface area (Å²) < 4.78 is 34.4. The highest BCUT2D eigenvalue weighted by molar-refractivity contribution is 5.76. The molecule has 0 aromatic carbocycles. The van der Waals surface area contributed by atoms with Gasteiger partial charge in [0, 0.05) is 6.42 Å². The van der Waals surface area contributed by atoms with Gasteiger partial charge in [0.05, 0.1) is 38.6 Å². The number of carbonyl (C=O) groups excluding carboxylic acids is 1. The van der Waals surface area contributed by atoms with Crippen LogP contribution in [0.3, 0.4) is 0 Å². The summed E-state index contributed by atoms with van der Waals surface area (Å²) in [6.07, 6.45) is 30.4. The number of rotatable bonds is 51. The topological polar surface area (TPSA) is 307 Å². The predicted molar refractivity (Wildman–Crippen MR) is 332 cm³/mol. The van der Waals surface area contributed by atoms with E-state index in [4.69, 9.17) is 28.4 Å². The average Bonchev–Trinajstić information content (AvgIpc) is 2.80. The van der Waals surface area contributed by atoms with E-state index in [2.05, 4.69) is 67.8 Å². The summed E-state index contributed by atoms with van der Waals surface area (Å²) in [5, 5.41) is 121. The minimum absolute atomic E-state index is 0.249. The molecule has 19 heteroatoms. The number of amides is 1. The molecule has 17 atom stereocenters. The molecule has 0 aliphatic carbocycles. The number of carbonyl (C=O) groups is 1. The number of hydrogen-bond acceptors (Lipinski definition) is 18. The molecule has 12 N–H and O–H groups in total. The van der Waals surface area contributed by atoms with E-state index in [0.29, 0.717) is 12.8 Å². The number of unbranched alkanes of at least 4 members (excludes halogenated alkanes) is 27. The Labute approximate surface area is 516 Å². The third-order valence-corrected chi connectivity index (χ3v) is 16.9.